The van der Waals surface area contributed by atoms with Crippen molar-refractivity contribution in [3.63, 3.8) is 0 Å². The second-order valence-corrected chi connectivity index (χ2v) is 6.45. The van der Waals surface area contributed by atoms with Crippen molar-refractivity contribution in [3.05, 3.63) is 23.8 Å². The Bertz CT molecular complexity index is 180. The zero-order valence-electron chi connectivity index (χ0n) is 8.50. The summed E-state index contributed by atoms with van der Waals surface area (Å²) in [5.74, 6) is 0. The maximum atomic E-state index is 2.50. The Labute approximate surface area is 91.0 Å². The maximum absolute atomic E-state index is 2.50. The number of hydrogen-bond donors (Lipinski definition) is 0. The molecule has 1 heteroatoms. The molecule has 1 aliphatic carbocycles. The summed E-state index contributed by atoms with van der Waals surface area (Å²) in [5, 5.41) is 0. The van der Waals surface area contributed by atoms with Crippen molar-refractivity contribution in [1.29, 1.82) is 0 Å². The summed E-state index contributed by atoms with van der Waals surface area (Å²) in [6, 6.07) is 0. The first kappa shape index (κ1) is 11.2. The van der Waals surface area contributed by atoms with Crippen LogP contribution in [0.1, 0.15) is 39.0 Å². The van der Waals surface area contributed by atoms with Crippen LogP contribution in [0.5, 0.6) is 0 Å². The van der Waals surface area contributed by atoms with E-state index >= 15 is 0 Å². The van der Waals surface area contributed by atoms with Gasteiger partial charge in [0, 0.05) is 0 Å². The Morgan fingerprint density at radius 3 is 2.92 bits per heavy atom. The van der Waals surface area contributed by atoms with E-state index in [1.165, 1.54) is 41.7 Å². The normalized spacial score (nSPS) is 18.1. The monoisotopic (exact) mass is 359 g/mol. The van der Waals surface area contributed by atoms with Crippen molar-refractivity contribution < 1.29 is 18.6 Å². The molecule has 0 saturated heterocycles. The summed E-state index contributed by atoms with van der Waals surface area (Å²) >= 11 is 0.477. The molecule has 0 fully saturated rings. The number of hydrogen-bond acceptors (Lipinski definition) is 0. The molecule has 0 unspecified atom stereocenters. The van der Waals surface area contributed by atoms with Gasteiger partial charge in [-0.05, 0) is 0 Å². The molecule has 13 heavy (non-hydrogen) atoms. The van der Waals surface area contributed by atoms with Crippen LogP contribution in [-0.2, 0) is 18.6 Å². The molecule has 0 amide bonds. The average molecular weight is 359 g/mol. The van der Waals surface area contributed by atoms with Crippen LogP contribution in [0, 0.1) is 0 Å². The molecule has 0 aromatic carbocycles. The van der Waals surface area contributed by atoms with E-state index in [1.807, 2.05) is 0 Å². The van der Waals surface area contributed by atoms with Crippen molar-refractivity contribution in [3.8, 4) is 0 Å². The molecule has 0 bridgehead atoms. The number of rotatable bonds is 4. The molecular weight excluding hydrogens is 339 g/mol. The van der Waals surface area contributed by atoms with Gasteiger partial charge in [-0.2, -0.15) is 0 Å². The Kier molecular flexibility index (Phi) is 6.54. The molecule has 0 aliphatic heterocycles. The molecule has 0 nitrogen and oxygen atoms in total. The van der Waals surface area contributed by atoms with Gasteiger partial charge in [0.25, 0.3) is 0 Å². The summed E-state index contributed by atoms with van der Waals surface area (Å²) in [7, 11) is 0. The summed E-state index contributed by atoms with van der Waals surface area (Å²) in [6.07, 6.45) is 13.7. The molecule has 78 valence electrons. The molecule has 1 rings (SSSR count). The van der Waals surface area contributed by atoms with Crippen LogP contribution in [0.4, 0.5) is 0 Å². The summed E-state index contributed by atoms with van der Waals surface area (Å²) < 4.78 is 0. The van der Waals surface area contributed by atoms with Gasteiger partial charge in [-0.25, -0.2) is 0 Å². The van der Waals surface area contributed by atoms with Gasteiger partial charge < -0.3 is 0 Å². The predicted molar refractivity (Wildman–Crippen MR) is 55.6 cm³/mol. The van der Waals surface area contributed by atoms with Gasteiger partial charge >= 0.3 is 91.0 Å². The molecule has 1 aliphatic rings. The third kappa shape index (κ3) is 5.47. The van der Waals surface area contributed by atoms with E-state index < -0.39 is 0 Å². The first-order chi connectivity index (χ1) is 6.43. The van der Waals surface area contributed by atoms with Gasteiger partial charge in [-0.1, -0.05) is 0 Å². The summed E-state index contributed by atoms with van der Waals surface area (Å²) in [5.41, 5.74) is 1.76. The van der Waals surface area contributed by atoms with Crippen LogP contribution in [0.2, 0.25) is 9.62 Å². The predicted octanol–water partition coefficient (Wildman–Crippen LogP) is 4.37. The van der Waals surface area contributed by atoms with Crippen molar-refractivity contribution >= 4 is 0 Å². The van der Waals surface area contributed by atoms with E-state index in [0.29, 0.717) is 18.6 Å². The molecule has 0 heterocycles. The van der Waals surface area contributed by atoms with Crippen LogP contribution in [0.25, 0.3) is 0 Å². The first-order valence-corrected chi connectivity index (χ1v) is 8.42. The molecule has 0 N–H and O–H groups in total. The zero-order chi connectivity index (χ0) is 9.36. The molecule has 0 radical (unpaired) electrons. The van der Waals surface area contributed by atoms with Gasteiger partial charge in [0.1, 0.15) is 0 Å². The third-order valence-corrected chi connectivity index (χ3v) is 5.60. The van der Waals surface area contributed by atoms with E-state index in [-0.39, 0.29) is 0 Å². The van der Waals surface area contributed by atoms with E-state index in [9.17, 15) is 0 Å². The SMILES string of the molecule is CC[CH2][Pt][CH2]C1=CCCC=CCC1. The first-order valence-electron chi connectivity index (χ1n) is 5.21. The van der Waals surface area contributed by atoms with Gasteiger partial charge in [0.2, 0.25) is 0 Å². The average Bonchev–Trinajstić information content (AvgIpc) is 2.08. The topological polar surface area (TPSA) is 0 Å². The van der Waals surface area contributed by atoms with Gasteiger partial charge in [0.05, 0.1) is 0 Å². The van der Waals surface area contributed by atoms with Crippen LogP contribution in [0.3, 0.4) is 0 Å². The van der Waals surface area contributed by atoms with Gasteiger partial charge in [-0.15, -0.1) is 0 Å². The van der Waals surface area contributed by atoms with Crippen LogP contribution in [0.15, 0.2) is 23.8 Å². The number of allylic oxidation sites excluding steroid dienone is 4. The second kappa shape index (κ2) is 7.56. The van der Waals surface area contributed by atoms with Crippen molar-refractivity contribution in [2.45, 2.75) is 48.6 Å². The molecule has 0 spiro atoms. The van der Waals surface area contributed by atoms with Crippen molar-refractivity contribution in [2.24, 2.45) is 0 Å². The standard InChI is InChI=1S/C9H13.C3H7.Pt/c1-9-7-5-3-2-4-6-8-9;1-3-2;/h2-3,8H,1,4-7H2;1,3H2,2H3;. The molecular formula is C12H20Pt. The van der Waals surface area contributed by atoms with E-state index in [2.05, 4.69) is 25.2 Å². The Hall–Kier alpha value is 0.168. The molecule has 0 aromatic heterocycles. The van der Waals surface area contributed by atoms with Gasteiger partial charge in [-0.3, -0.25) is 0 Å². The summed E-state index contributed by atoms with van der Waals surface area (Å²) in [6.45, 7) is 2.30. The quantitative estimate of drug-likeness (QED) is 0.516. The Balaban J connectivity index is 2.22. The van der Waals surface area contributed by atoms with Crippen LogP contribution >= 0.6 is 0 Å². The second-order valence-electron chi connectivity index (χ2n) is 3.38. The van der Waals surface area contributed by atoms with E-state index in [4.69, 9.17) is 0 Å². The molecule has 0 aromatic rings. The fourth-order valence-corrected chi connectivity index (χ4v) is 4.03. The van der Waals surface area contributed by atoms with Crippen molar-refractivity contribution in [1.82, 2.24) is 0 Å². The van der Waals surface area contributed by atoms with Crippen molar-refractivity contribution in [2.75, 3.05) is 0 Å². The third-order valence-electron chi connectivity index (χ3n) is 2.06. The molecule has 0 atom stereocenters. The van der Waals surface area contributed by atoms with Crippen LogP contribution < -0.4 is 0 Å². The molecule has 0 saturated carbocycles. The summed E-state index contributed by atoms with van der Waals surface area (Å²) in [4.78, 5) is 2.97. The van der Waals surface area contributed by atoms with E-state index in [1.54, 1.807) is 5.57 Å². The van der Waals surface area contributed by atoms with E-state index in [0.717, 1.165) is 0 Å². The zero-order valence-corrected chi connectivity index (χ0v) is 10.8. The minimum atomic E-state index is 0.477. The Morgan fingerprint density at radius 1 is 1.23 bits per heavy atom. The van der Waals surface area contributed by atoms with Crippen LogP contribution in [-0.4, -0.2) is 0 Å². The fraction of sp³-hybridized carbons (Fsp3) is 0.667. The van der Waals surface area contributed by atoms with Gasteiger partial charge in [0.15, 0.2) is 0 Å². The Morgan fingerprint density at radius 2 is 2.08 bits per heavy atom. The fourth-order valence-electron chi connectivity index (χ4n) is 1.36. The minimum absolute atomic E-state index is 0.477.